The third-order valence-corrected chi connectivity index (χ3v) is 6.61. The Morgan fingerprint density at radius 1 is 1.14 bits per heavy atom. The molecule has 9 heteroatoms. The maximum Gasteiger partial charge on any atom is 0.339 e. The Kier molecular flexibility index (Phi) is 11.0. The second-order valence-electron chi connectivity index (χ2n) is 9.32. The minimum atomic E-state index is -0.572. The molecule has 8 nitrogen and oxygen atoms in total. The van der Waals surface area contributed by atoms with E-state index in [9.17, 15) is 14.8 Å². The van der Waals surface area contributed by atoms with Gasteiger partial charge >= 0.3 is 5.63 Å². The van der Waals surface area contributed by atoms with Crippen LogP contribution in [0, 0.1) is 12.8 Å². The summed E-state index contributed by atoms with van der Waals surface area (Å²) in [6.45, 7) is 7.16. The first kappa shape index (κ1) is 28.7. The van der Waals surface area contributed by atoms with Crippen LogP contribution in [0.3, 0.4) is 0 Å². The molecule has 1 aromatic heterocycles. The summed E-state index contributed by atoms with van der Waals surface area (Å²) in [6, 6.07) is 15.3. The number of hydrogen-bond acceptors (Lipinski definition) is 7. The molecule has 1 fully saturated rings. The molecule has 0 bridgehead atoms. The van der Waals surface area contributed by atoms with Crippen molar-refractivity contribution in [2.75, 3.05) is 39.5 Å². The quantitative estimate of drug-likeness (QED) is 0.168. The van der Waals surface area contributed by atoms with E-state index >= 15 is 0 Å². The minimum Gasteiger partial charge on any atom is -0.494 e. The molecule has 3 aromatic rings. The first-order valence-corrected chi connectivity index (χ1v) is 12.5. The summed E-state index contributed by atoms with van der Waals surface area (Å²) in [6.07, 6.45) is 2.23. The van der Waals surface area contributed by atoms with Gasteiger partial charge in [-0.2, -0.15) is 0 Å². The Morgan fingerprint density at radius 3 is 2.62 bits per heavy atom. The lowest BCUT2D eigenvalue weighted by molar-refractivity contribution is -0.133. The number of nitrogens with one attached hydrogen (secondary N) is 1. The van der Waals surface area contributed by atoms with Gasteiger partial charge in [0.25, 0.3) is 0 Å². The molecule has 0 spiro atoms. The molecule has 200 valence electrons. The Labute approximate surface area is 222 Å². The molecule has 2 aromatic carbocycles. The number of amides is 1. The van der Waals surface area contributed by atoms with Crippen LogP contribution in [0.15, 0.2) is 57.7 Å². The highest BCUT2D eigenvalue weighted by Gasteiger charge is 2.21. The van der Waals surface area contributed by atoms with E-state index in [1.807, 2.05) is 49.4 Å². The molecule has 4 rings (SSSR count). The second kappa shape index (κ2) is 14.1. The van der Waals surface area contributed by atoms with E-state index in [1.165, 1.54) is 0 Å². The SMILES string of the molecule is Cc1ccc2cc(CC(CCc3ccc(OCCCN4CCOCC4)cc3)C(=O)NO)c(=O)oc2c1.Cl. The smallest absolute Gasteiger partial charge is 0.339 e. The van der Waals surface area contributed by atoms with Gasteiger partial charge in [0.1, 0.15) is 11.3 Å². The van der Waals surface area contributed by atoms with Gasteiger partial charge in [0.2, 0.25) is 5.91 Å². The van der Waals surface area contributed by atoms with Crippen LogP contribution in [-0.4, -0.2) is 55.5 Å². The number of carbonyl (C=O) groups excluding carboxylic acids is 1. The van der Waals surface area contributed by atoms with Gasteiger partial charge in [-0.15, -0.1) is 12.4 Å². The largest absolute Gasteiger partial charge is 0.494 e. The van der Waals surface area contributed by atoms with Gasteiger partial charge in [-0.05, 0) is 68.0 Å². The Hall–Kier alpha value is -2.91. The zero-order valence-corrected chi connectivity index (χ0v) is 21.9. The molecule has 1 aliphatic rings. The lowest BCUT2D eigenvalue weighted by atomic mass is 9.92. The number of halogens is 1. The van der Waals surface area contributed by atoms with E-state index in [4.69, 9.17) is 13.9 Å². The number of carbonyl (C=O) groups is 1. The summed E-state index contributed by atoms with van der Waals surface area (Å²) in [5, 5.41) is 10.1. The third-order valence-electron chi connectivity index (χ3n) is 6.61. The van der Waals surface area contributed by atoms with Crippen molar-refractivity contribution in [2.45, 2.75) is 32.6 Å². The van der Waals surface area contributed by atoms with Crippen LogP contribution in [0.4, 0.5) is 0 Å². The topological polar surface area (TPSA) is 101 Å². The van der Waals surface area contributed by atoms with Gasteiger partial charge in [-0.25, -0.2) is 10.3 Å². The van der Waals surface area contributed by atoms with Crippen molar-refractivity contribution in [3.63, 3.8) is 0 Å². The fraction of sp³-hybridized carbons (Fsp3) is 0.429. The molecule has 37 heavy (non-hydrogen) atoms. The summed E-state index contributed by atoms with van der Waals surface area (Å²) in [4.78, 5) is 27.3. The van der Waals surface area contributed by atoms with Crippen molar-refractivity contribution >= 4 is 29.3 Å². The van der Waals surface area contributed by atoms with Gasteiger partial charge in [0.15, 0.2) is 0 Å². The number of hydrogen-bond donors (Lipinski definition) is 2. The lowest BCUT2D eigenvalue weighted by Gasteiger charge is -2.26. The van der Waals surface area contributed by atoms with Crippen molar-refractivity contribution in [3.05, 3.63) is 75.6 Å². The van der Waals surface area contributed by atoms with E-state index in [0.29, 0.717) is 30.6 Å². The van der Waals surface area contributed by atoms with Crippen molar-refractivity contribution in [1.29, 1.82) is 0 Å². The molecule has 0 aliphatic carbocycles. The maximum absolute atomic E-state index is 12.5. The lowest BCUT2D eigenvalue weighted by Crippen LogP contribution is -2.37. The molecule has 0 saturated carbocycles. The van der Waals surface area contributed by atoms with E-state index in [2.05, 4.69) is 4.90 Å². The van der Waals surface area contributed by atoms with E-state index in [-0.39, 0.29) is 18.8 Å². The highest BCUT2D eigenvalue weighted by molar-refractivity contribution is 5.85. The fourth-order valence-corrected chi connectivity index (χ4v) is 4.48. The third kappa shape index (κ3) is 8.30. The average Bonchev–Trinajstić information content (AvgIpc) is 2.90. The summed E-state index contributed by atoms with van der Waals surface area (Å²) in [5.74, 6) is -0.273. The van der Waals surface area contributed by atoms with Crippen LogP contribution in [0.5, 0.6) is 5.75 Å². The number of hydroxylamine groups is 1. The van der Waals surface area contributed by atoms with E-state index in [1.54, 1.807) is 11.5 Å². The maximum atomic E-state index is 12.5. The minimum absolute atomic E-state index is 0. The fourth-order valence-electron chi connectivity index (χ4n) is 4.48. The summed E-state index contributed by atoms with van der Waals surface area (Å²) in [7, 11) is 0. The van der Waals surface area contributed by atoms with Crippen LogP contribution in [0.2, 0.25) is 0 Å². The van der Waals surface area contributed by atoms with Crippen LogP contribution in [0.1, 0.15) is 29.5 Å². The first-order chi connectivity index (χ1) is 17.5. The Morgan fingerprint density at radius 2 is 1.89 bits per heavy atom. The van der Waals surface area contributed by atoms with Crippen molar-refractivity contribution in [3.8, 4) is 5.75 Å². The molecule has 2 heterocycles. The molecule has 1 aliphatic heterocycles. The Balaban J connectivity index is 0.00000380. The molecule has 1 unspecified atom stereocenters. The highest BCUT2D eigenvalue weighted by atomic mass is 35.5. The van der Waals surface area contributed by atoms with Crippen molar-refractivity contribution in [2.24, 2.45) is 5.92 Å². The van der Waals surface area contributed by atoms with Gasteiger partial charge in [0.05, 0.1) is 19.8 Å². The number of aryl methyl sites for hydroxylation is 2. The number of ether oxygens (including phenoxy) is 2. The van der Waals surface area contributed by atoms with Gasteiger partial charge in [0, 0.05) is 36.5 Å². The van der Waals surface area contributed by atoms with Gasteiger partial charge in [-0.1, -0.05) is 24.3 Å². The average molecular weight is 531 g/mol. The number of rotatable bonds is 11. The molecule has 1 amide bonds. The molecular formula is C28H35ClN2O6. The second-order valence-corrected chi connectivity index (χ2v) is 9.32. The molecule has 2 N–H and O–H groups in total. The predicted octanol–water partition coefficient (Wildman–Crippen LogP) is 3.92. The normalized spacial score (nSPS) is 14.6. The molecule has 1 atom stereocenters. The van der Waals surface area contributed by atoms with Crippen LogP contribution < -0.4 is 15.8 Å². The van der Waals surface area contributed by atoms with Crippen molar-refractivity contribution < 1.29 is 23.9 Å². The predicted molar refractivity (Wildman–Crippen MR) is 144 cm³/mol. The standard InChI is InChI=1S/C28H34N2O6.ClH/c1-20-3-7-22-18-24(28(32)36-26(22)17-20)19-23(27(31)29-33)8-4-21-5-9-25(10-6-21)35-14-2-11-30-12-15-34-16-13-30;/h3,5-7,9-10,17-18,23,33H,2,4,8,11-16,19H2,1H3,(H,29,31);1H. The molecule has 1 saturated heterocycles. The summed E-state index contributed by atoms with van der Waals surface area (Å²) < 4.78 is 16.7. The summed E-state index contributed by atoms with van der Waals surface area (Å²) >= 11 is 0. The summed E-state index contributed by atoms with van der Waals surface area (Å²) in [5.41, 5.74) is 4.28. The zero-order valence-electron chi connectivity index (χ0n) is 21.1. The molecular weight excluding hydrogens is 496 g/mol. The monoisotopic (exact) mass is 530 g/mol. The Bertz CT molecular complexity index is 1210. The first-order valence-electron chi connectivity index (χ1n) is 12.5. The number of benzene rings is 2. The van der Waals surface area contributed by atoms with Gasteiger partial charge < -0.3 is 13.9 Å². The number of nitrogens with zero attached hydrogens (tertiary/aromatic N) is 1. The number of fused-ring (bicyclic) bond motifs is 1. The molecule has 0 radical (unpaired) electrons. The van der Waals surface area contributed by atoms with Crippen molar-refractivity contribution in [1.82, 2.24) is 10.4 Å². The van der Waals surface area contributed by atoms with Crippen LogP contribution in [0.25, 0.3) is 11.0 Å². The zero-order chi connectivity index (χ0) is 25.3. The van der Waals surface area contributed by atoms with E-state index in [0.717, 1.165) is 61.5 Å². The van der Waals surface area contributed by atoms with Crippen LogP contribution >= 0.6 is 12.4 Å². The number of morpholine rings is 1. The van der Waals surface area contributed by atoms with E-state index < -0.39 is 17.5 Å². The van der Waals surface area contributed by atoms with Gasteiger partial charge in [-0.3, -0.25) is 14.9 Å². The van der Waals surface area contributed by atoms with Crippen LogP contribution in [-0.2, 0) is 22.4 Å². The highest BCUT2D eigenvalue weighted by Crippen LogP contribution is 2.20.